The number of rotatable bonds is 6. The molecule has 1 heterocycles. The molecule has 6 nitrogen and oxygen atoms in total. The van der Waals surface area contributed by atoms with Crippen LogP contribution in [0, 0.1) is 0 Å². The molecule has 1 fully saturated rings. The summed E-state index contributed by atoms with van der Waals surface area (Å²) in [5, 5.41) is 0. The van der Waals surface area contributed by atoms with Crippen molar-refractivity contribution in [2.24, 2.45) is 0 Å². The Morgan fingerprint density at radius 2 is 1.74 bits per heavy atom. The molecule has 0 aliphatic carbocycles. The molecule has 0 bridgehead atoms. The number of carbonyl (C=O) groups is 2. The maximum Gasteiger partial charge on any atom is 0.415 e. The minimum Gasteiger partial charge on any atom is -0.495 e. The summed E-state index contributed by atoms with van der Waals surface area (Å²) < 4.78 is 16.1. The number of nitrogens with zero attached hydrogens (tertiary/aromatic N) is 1. The number of para-hydroxylation sites is 1. The highest BCUT2D eigenvalue weighted by Gasteiger charge is 2.36. The molecule has 3 aromatic carbocycles. The number of hydrogen-bond acceptors (Lipinski definition) is 5. The molecule has 1 aliphatic rings. The van der Waals surface area contributed by atoms with Crippen LogP contribution in [0.15, 0.2) is 84.9 Å². The van der Waals surface area contributed by atoms with Crippen molar-refractivity contribution >= 4 is 23.8 Å². The van der Waals surface area contributed by atoms with Crippen molar-refractivity contribution in [1.29, 1.82) is 0 Å². The van der Waals surface area contributed by atoms with Crippen LogP contribution in [0.3, 0.4) is 0 Å². The average molecular weight is 415 g/mol. The summed E-state index contributed by atoms with van der Waals surface area (Å²) >= 11 is 0. The van der Waals surface area contributed by atoms with E-state index in [0.29, 0.717) is 17.2 Å². The molecule has 0 aromatic heterocycles. The number of hydrogen-bond donors (Lipinski definition) is 0. The molecular formula is C25H21NO5. The van der Waals surface area contributed by atoms with Gasteiger partial charge in [-0.05, 0) is 41.5 Å². The molecule has 0 spiro atoms. The molecule has 1 atom stereocenters. The lowest BCUT2D eigenvalue weighted by Crippen LogP contribution is -2.27. The number of amides is 1. The predicted octanol–water partition coefficient (Wildman–Crippen LogP) is 5.01. The van der Waals surface area contributed by atoms with Crippen LogP contribution in [0.4, 0.5) is 10.5 Å². The number of carbonyl (C=O) groups excluding carboxylic acids is 2. The van der Waals surface area contributed by atoms with E-state index in [1.807, 2.05) is 36.4 Å². The fourth-order valence-electron chi connectivity index (χ4n) is 3.41. The van der Waals surface area contributed by atoms with Crippen LogP contribution in [0.1, 0.15) is 17.2 Å². The third-order valence-electron chi connectivity index (χ3n) is 4.89. The van der Waals surface area contributed by atoms with Gasteiger partial charge < -0.3 is 14.2 Å². The van der Waals surface area contributed by atoms with Gasteiger partial charge in [-0.1, -0.05) is 54.6 Å². The molecule has 0 radical (unpaired) electrons. The van der Waals surface area contributed by atoms with E-state index in [1.54, 1.807) is 53.4 Å². The zero-order valence-corrected chi connectivity index (χ0v) is 16.9. The smallest absolute Gasteiger partial charge is 0.415 e. The van der Waals surface area contributed by atoms with Gasteiger partial charge in [-0.2, -0.15) is 0 Å². The highest BCUT2D eigenvalue weighted by atomic mass is 16.6. The molecule has 1 amide bonds. The van der Waals surface area contributed by atoms with Crippen molar-refractivity contribution in [1.82, 2.24) is 0 Å². The zero-order valence-electron chi connectivity index (χ0n) is 16.9. The monoisotopic (exact) mass is 415 g/mol. The third kappa shape index (κ3) is 4.59. The van der Waals surface area contributed by atoms with Gasteiger partial charge in [-0.15, -0.1) is 0 Å². The lowest BCUT2D eigenvalue weighted by atomic mass is 10.1. The van der Waals surface area contributed by atoms with E-state index in [1.165, 1.54) is 13.2 Å². The normalized spacial score (nSPS) is 15.7. The second kappa shape index (κ2) is 9.17. The van der Waals surface area contributed by atoms with Crippen molar-refractivity contribution in [3.8, 4) is 11.5 Å². The summed E-state index contributed by atoms with van der Waals surface area (Å²) in [5.41, 5.74) is 2.31. The molecule has 1 aliphatic heterocycles. The van der Waals surface area contributed by atoms with Crippen LogP contribution in [0.2, 0.25) is 0 Å². The van der Waals surface area contributed by atoms with Gasteiger partial charge in [0.05, 0.1) is 18.8 Å². The standard InChI is InChI=1S/C25H21NO5/c1-29-23-16-18(13-15-24(27)31-20-10-6-3-7-11-20)12-14-21(23)26-22(17-30-25(26)28)19-8-4-2-5-9-19/h2-16,22H,17H2,1H3/t22-/m0/s1. The lowest BCUT2D eigenvalue weighted by molar-refractivity contribution is -0.128. The van der Waals surface area contributed by atoms with Crippen LogP contribution in [-0.2, 0) is 9.53 Å². The Morgan fingerprint density at radius 3 is 2.45 bits per heavy atom. The largest absolute Gasteiger partial charge is 0.495 e. The van der Waals surface area contributed by atoms with E-state index < -0.39 is 12.1 Å². The molecule has 0 unspecified atom stereocenters. The molecule has 0 saturated carbocycles. The van der Waals surface area contributed by atoms with E-state index in [0.717, 1.165) is 11.1 Å². The highest BCUT2D eigenvalue weighted by Crippen LogP contribution is 2.39. The van der Waals surface area contributed by atoms with Crippen LogP contribution in [-0.4, -0.2) is 25.8 Å². The highest BCUT2D eigenvalue weighted by molar-refractivity contribution is 5.93. The number of anilines is 1. The summed E-state index contributed by atoms with van der Waals surface area (Å²) in [6.45, 7) is 0.263. The number of ether oxygens (including phenoxy) is 3. The number of esters is 1. The third-order valence-corrected chi connectivity index (χ3v) is 4.89. The second-order valence-corrected chi connectivity index (χ2v) is 6.87. The van der Waals surface area contributed by atoms with Crippen LogP contribution < -0.4 is 14.4 Å². The number of benzene rings is 3. The van der Waals surface area contributed by atoms with Crippen molar-refractivity contribution in [3.05, 3.63) is 96.1 Å². The first kappa shape index (κ1) is 20.2. The molecular weight excluding hydrogens is 394 g/mol. The van der Waals surface area contributed by atoms with E-state index >= 15 is 0 Å². The van der Waals surface area contributed by atoms with E-state index in [-0.39, 0.29) is 12.6 Å². The van der Waals surface area contributed by atoms with Crippen LogP contribution in [0.25, 0.3) is 6.08 Å². The predicted molar refractivity (Wildman–Crippen MR) is 117 cm³/mol. The SMILES string of the molecule is COc1cc(C=CC(=O)Oc2ccccc2)ccc1N1C(=O)OC[C@H]1c1ccccc1. The van der Waals surface area contributed by atoms with Gasteiger partial charge in [0, 0.05) is 6.08 Å². The minimum atomic E-state index is -0.485. The van der Waals surface area contributed by atoms with E-state index in [4.69, 9.17) is 14.2 Å². The van der Waals surface area contributed by atoms with Gasteiger partial charge >= 0.3 is 12.1 Å². The fraction of sp³-hybridized carbons (Fsp3) is 0.120. The Labute approximate surface area is 180 Å². The van der Waals surface area contributed by atoms with Gasteiger partial charge in [0.1, 0.15) is 18.1 Å². The molecule has 6 heteroatoms. The maximum absolute atomic E-state index is 12.5. The van der Waals surface area contributed by atoms with E-state index in [2.05, 4.69) is 0 Å². The maximum atomic E-state index is 12.5. The quantitative estimate of drug-likeness (QED) is 0.322. The zero-order chi connectivity index (χ0) is 21.6. The fourth-order valence-corrected chi connectivity index (χ4v) is 3.41. The van der Waals surface area contributed by atoms with Gasteiger partial charge in [0.15, 0.2) is 0 Å². The molecule has 31 heavy (non-hydrogen) atoms. The molecule has 3 aromatic rings. The summed E-state index contributed by atoms with van der Waals surface area (Å²) in [4.78, 5) is 26.1. The van der Waals surface area contributed by atoms with Gasteiger partial charge in [-0.25, -0.2) is 9.59 Å². The van der Waals surface area contributed by atoms with Crippen molar-refractivity contribution in [2.45, 2.75) is 6.04 Å². The Bertz CT molecular complexity index is 1100. The van der Waals surface area contributed by atoms with Gasteiger partial charge in [-0.3, -0.25) is 4.90 Å². The Balaban J connectivity index is 1.55. The second-order valence-electron chi connectivity index (χ2n) is 6.87. The summed E-state index contributed by atoms with van der Waals surface area (Å²) in [5.74, 6) is 0.490. The average Bonchev–Trinajstić information content (AvgIpc) is 3.20. The minimum absolute atomic E-state index is 0.246. The van der Waals surface area contributed by atoms with E-state index in [9.17, 15) is 9.59 Å². The first-order valence-corrected chi connectivity index (χ1v) is 9.79. The van der Waals surface area contributed by atoms with Gasteiger partial charge in [0.2, 0.25) is 0 Å². The van der Waals surface area contributed by atoms with Gasteiger partial charge in [0.25, 0.3) is 0 Å². The summed E-state index contributed by atoms with van der Waals surface area (Å²) in [6.07, 6.45) is 2.55. The number of methoxy groups -OCH3 is 1. The van der Waals surface area contributed by atoms with Crippen LogP contribution in [0.5, 0.6) is 11.5 Å². The summed E-state index contributed by atoms with van der Waals surface area (Å²) in [6, 6.07) is 23.7. The van der Waals surface area contributed by atoms with Crippen molar-refractivity contribution < 1.29 is 23.8 Å². The molecule has 1 saturated heterocycles. The number of cyclic esters (lactones) is 1. The molecule has 156 valence electrons. The molecule has 4 rings (SSSR count). The Hall–Kier alpha value is -4.06. The first-order valence-electron chi connectivity index (χ1n) is 9.79. The topological polar surface area (TPSA) is 65.1 Å². The lowest BCUT2D eigenvalue weighted by Gasteiger charge is -2.23. The molecule has 0 N–H and O–H groups in total. The Morgan fingerprint density at radius 1 is 1.03 bits per heavy atom. The summed E-state index contributed by atoms with van der Waals surface area (Å²) in [7, 11) is 1.54. The van der Waals surface area contributed by atoms with Crippen molar-refractivity contribution in [2.75, 3.05) is 18.6 Å². The first-order chi connectivity index (χ1) is 15.2. The Kier molecular flexibility index (Phi) is 5.98. The van der Waals surface area contributed by atoms with Crippen molar-refractivity contribution in [3.63, 3.8) is 0 Å². The van der Waals surface area contributed by atoms with Crippen LogP contribution >= 0.6 is 0 Å².